The zero-order valence-electron chi connectivity index (χ0n) is 18.1. The Morgan fingerprint density at radius 2 is 1.71 bits per heavy atom. The molecule has 2 amide bonds. The highest BCUT2D eigenvalue weighted by atomic mass is 32.2. The van der Waals surface area contributed by atoms with Gasteiger partial charge in [0.2, 0.25) is 0 Å². The number of ether oxygens (including phenoxy) is 2. The lowest BCUT2D eigenvalue weighted by Crippen LogP contribution is -2.84. The summed E-state index contributed by atoms with van der Waals surface area (Å²) >= 11 is 0. The number of rotatable bonds is 9. The normalized spacial score (nSPS) is 25.4. The van der Waals surface area contributed by atoms with Gasteiger partial charge in [-0.3, -0.25) is 14.0 Å². The first-order valence-corrected chi connectivity index (χ1v) is 11.8. The van der Waals surface area contributed by atoms with Crippen molar-refractivity contribution < 1.29 is 31.7 Å². The molecule has 31 heavy (non-hydrogen) atoms. The molecule has 11 heteroatoms. The summed E-state index contributed by atoms with van der Waals surface area (Å²) in [7, 11) is -3.62. The smallest absolute Gasteiger partial charge is 0.408 e. The molecule has 3 aliphatic rings. The second-order valence-corrected chi connectivity index (χ2v) is 11.0. The van der Waals surface area contributed by atoms with Crippen LogP contribution in [-0.4, -0.2) is 61.0 Å². The molecule has 1 aromatic heterocycles. The van der Waals surface area contributed by atoms with Crippen molar-refractivity contribution in [3.63, 3.8) is 0 Å². The third-order valence-corrected chi connectivity index (χ3v) is 5.68. The zero-order chi connectivity index (χ0) is 22.9. The van der Waals surface area contributed by atoms with Crippen LogP contribution >= 0.6 is 0 Å². The number of alkyl carbamates (subject to hydrolysis) is 1. The van der Waals surface area contributed by atoms with Gasteiger partial charge in [0.25, 0.3) is 16.0 Å². The molecule has 2 bridgehead atoms. The van der Waals surface area contributed by atoms with Gasteiger partial charge in [0, 0.05) is 24.4 Å². The van der Waals surface area contributed by atoms with E-state index >= 15 is 0 Å². The predicted octanol–water partition coefficient (Wildman–Crippen LogP) is 1.51. The van der Waals surface area contributed by atoms with Crippen LogP contribution < -0.4 is 15.4 Å². The Morgan fingerprint density at radius 3 is 2.26 bits per heavy atom. The molecule has 1 heterocycles. The first-order valence-electron chi connectivity index (χ1n) is 10.0. The average Bonchev–Trinajstić information content (AvgIpc) is 2.56. The van der Waals surface area contributed by atoms with E-state index in [4.69, 9.17) is 13.7 Å². The zero-order valence-corrected chi connectivity index (χ0v) is 19.0. The van der Waals surface area contributed by atoms with E-state index < -0.39 is 33.5 Å². The molecule has 3 aliphatic carbocycles. The van der Waals surface area contributed by atoms with Crippen molar-refractivity contribution in [2.24, 2.45) is 0 Å². The van der Waals surface area contributed by atoms with Crippen LogP contribution in [0, 0.1) is 0 Å². The van der Waals surface area contributed by atoms with E-state index in [1.807, 2.05) is 0 Å². The molecule has 0 saturated heterocycles. The van der Waals surface area contributed by atoms with Crippen LogP contribution in [0.25, 0.3) is 0 Å². The number of nitrogens with zero attached hydrogens (tertiary/aromatic N) is 1. The van der Waals surface area contributed by atoms with Crippen LogP contribution in [0.2, 0.25) is 0 Å². The number of hydrogen-bond donors (Lipinski definition) is 2. The maximum absolute atomic E-state index is 12.9. The summed E-state index contributed by atoms with van der Waals surface area (Å²) in [6, 6.07) is 3.22. The van der Waals surface area contributed by atoms with Crippen LogP contribution in [0.5, 0.6) is 5.75 Å². The molecule has 2 N–H and O–H groups in total. The lowest BCUT2D eigenvalue weighted by atomic mass is 9.44. The van der Waals surface area contributed by atoms with Crippen molar-refractivity contribution in [2.45, 2.75) is 69.2 Å². The highest BCUT2D eigenvalue weighted by Crippen LogP contribution is 2.60. The molecule has 10 nitrogen and oxygen atoms in total. The fourth-order valence-electron chi connectivity index (χ4n) is 4.05. The van der Waals surface area contributed by atoms with Gasteiger partial charge in [-0.15, -0.1) is 0 Å². The number of pyridine rings is 1. The summed E-state index contributed by atoms with van der Waals surface area (Å²) in [4.78, 5) is 28.8. The third-order valence-electron chi connectivity index (χ3n) is 5.08. The largest absolute Gasteiger partial charge is 0.480 e. The maximum atomic E-state index is 12.9. The Morgan fingerprint density at radius 1 is 1.13 bits per heavy atom. The number of nitrogens with one attached hydrogen (secondary N) is 2. The molecule has 1 aromatic rings. The lowest BCUT2D eigenvalue weighted by molar-refractivity contribution is -0.147. The third kappa shape index (κ3) is 6.30. The molecule has 0 aliphatic heterocycles. The minimum Gasteiger partial charge on any atom is -0.480 e. The summed E-state index contributed by atoms with van der Waals surface area (Å²) in [5, 5.41) is 5.89. The van der Waals surface area contributed by atoms with Crippen LogP contribution in [-0.2, 0) is 23.8 Å². The summed E-state index contributed by atoms with van der Waals surface area (Å²) in [6.07, 6.45) is 4.47. The van der Waals surface area contributed by atoms with E-state index in [9.17, 15) is 18.0 Å². The maximum Gasteiger partial charge on any atom is 0.408 e. The van der Waals surface area contributed by atoms with Crippen LogP contribution in [0.3, 0.4) is 0 Å². The summed E-state index contributed by atoms with van der Waals surface area (Å²) in [5.74, 6) is 0.0784. The standard InChI is InChI=1S/C20H29N3O7S/c1-18(2,3)30-17(25)23-20-11-19(12-20,13-20)22-16(24)15(7-10-28-31(4,26)27)29-14-5-8-21-9-6-14/h5-6,8-9,15H,7,10-13H2,1-4H3,(H,22,24)(H,23,25). The van der Waals surface area contributed by atoms with E-state index in [2.05, 4.69) is 15.6 Å². The van der Waals surface area contributed by atoms with Crippen molar-refractivity contribution in [3.8, 4) is 5.75 Å². The van der Waals surface area contributed by atoms with Gasteiger partial charge in [-0.2, -0.15) is 8.42 Å². The molecular formula is C20H29N3O7S. The molecule has 0 radical (unpaired) electrons. The molecule has 4 rings (SSSR count). The molecule has 0 aromatic carbocycles. The van der Waals surface area contributed by atoms with E-state index in [1.165, 1.54) is 12.4 Å². The number of amides is 2. The number of aromatic nitrogens is 1. The van der Waals surface area contributed by atoms with E-state index in [0.717, 1.165) is 6.26 Å². The SMILES string of the molecule is CC(C)(C)OC(=O)NC12CC(NC(=O)C(CCOS(C)(=O)=O)Oc3ccncc3)(C1)C2. The second-order valence-electron chi connectivity index (χ2n) is 9.31. The van der Waals surface area contributed by atoms with E-state index in [-0.39, 0.29) is 24.5 Å². The average molecular weight is 456 g/mol. The van der Waals surface area contributed by atoms with Crippen molar-refractivity contribution in [1.82, 2.24) is 15.6 Å². The molecule has 0 spiro atoms. The molecule has 1 atom stereocenters. The Balaban J connectivity index is 1.54. The predicted molar refractivity (Wildman–Crippen MR) is 111 cm³/mol. The summed E-state index contributed by atoms with van der Waals surface area (Å²) < 4.78 is 38.3. The number of carbonyl (C=O) groups is 2. The molecule has 1 unspecified atom stereocenters. The van der Waals surface area contributed by atoms with Gasteiger partial charge >= 0.3 is 6.09 Å². The monoisotopic (exact) mass is 455 g/mol. The summed E-state index contributed by atoms with van der Waals surface area (Å²) in [5.41, 5.74) is -1.33. The summed E-state index contributed by atoms with van der Waals surface area (Å²) in [6.45, 7) is 5.21. The Bertz CT molecular complexity index is 908. The first-order chi connectivity index (χ1) is 14.3. The molecule has 3 fully saturated rings. The van der Waals surface area contributed by atoms with Crippen LogP contribution in [0.15, 0.2) is 24.5 Å². The van der Waals surface area contributed by atoms with Gasteiger partial charge in [-0.05, 0) is 52.2 Å². The number of carbonyl (C=O) groups excluding carboxylic acids is 2. The van der Waals surface area contributed by atoms with Gasteiger partial charge in [-0.25, -0.2) is 4.79 Å². The highest BCUT2D eigenvalue weighted by molar-refractivity contribution is 7.85. The lowest BCUT2D eigenvalue weighted by Gasteiger charge is -2.70. The fraction of sp³-hybridized carbons (Fsp3) is 0.650. The second kappa shape index (κ2) is 8.27. The molecule has 172 valence electrons. The van der Waals surface area contributed by atoms with Crippen molar-refractivity contribution in [1.29, 1.82) is 0 Å². The molecular weight excluding hydrogens is 426 g/mol. The van der Waals surface area contributed by atoms with Gasteiger partial charge in [0.1, 0.15) is 11.4 Å². The van der Waals surface area contributed by atoms with Crippen molar-refractivity contribution in [3.05, 3.63) is 24.5 Å². The minimum atomic E-state index is -3.62. The molecule has 3 saturated carbocycles. The highest BCUT2D eigenvalue weighted by Gasteiger charge is 2.69. The minimum absolute atomic E-state index is 0.0542. The van der Waals surface area contributed by atoms with Gasteiger partial charge < -0.3 is 20.1 Å². The van der Waals surface area contributed by atoms with E-state index in [0.29, 0.717) is 25.0 Å². The number of hydrogen-bond acceptors (Lipinski definition) is 8. The Labute approximate surface area is 182 Å². The van der Waals surface area contributed by atoms with Gasteiger partial charge in [-0.1, -0.05) is 0 Å². The topological polar surface area (TPSA) is 133 Å². The van der Waals surface area contributed by atoms with Crippen LogP contribution in [0.4, 0.5) is 4.79 Å². The van der Waals surface area contributed by atoms with Gasteiger partial charge in [0.15, 0.2) is 6.10 Å². The van der Waals surface area contributed by atoms with Crippen LogP contribution in [0.1, 0.15) is 46.5 Å². The quantitative estimate of drug-likeness (QED) is 0.536. The Hall–Kier alpha value is -2.40. The van der Waals surface area contributed by atoms with E-state index in [1.54, 1.807) is 32.9 Å². The Kier molecular flexibility index (Phi) is 6.21. The van der Waals surface area contributed by atoms with Gasteiger partial charge in [0.05, 0.1) is 18.4 Å². The van der Waals surface area contributed by atoms with Crippen molar-refractivity contribution in [2.75, 3.05) is 12.9 Å². The fourth-order valence-corrected chi connectivity index (χ4v) is 4.45. The first kappa shape index (κ1) is 23.3. The van der Waals surface area contributed by atoms with Crippen molar-refractivity contribution >= 4 is 22.1 Å².